The number of pyridine rings is 1. The summed E-state index contributed by atoms with van der Waals surface area (Å²) >= 11 is 3.34. The first-order chi connectivity index (χ1) is 6.86. The van der Waals surface area contributed by atoms with Crippen molar-refractivity contribution in [3.05, 3.63) is 24.0 Å². The van der Waals surface area contributed by atoms with Crippen LogP contribution < -0.4 is 4.74 Å². The van der Waals surface area contributed by atoms with Crippen LogP contribution in [0.2, 0.25) is 0 Å². The molecule has 0 amide bonds. The molecule has 3 nitrogen and oxygen atoms in total. The number of methoxy groups -OCH3 is 1. The lowest BCUT2D eigenvalue weighted by Gasteiger charge is -2.05. The van der Waals surface area contributed by atoms with Gasteiger partial charge in [0.05, 0.1) is 18.5 Å². The summed E-state index contributed by atoms with van der Waals surface area (Å²) in [4.78, 5) is 4.19. The van der Waals surface area contributed by atoms with Gasteiger partial charge in [0.2, 0.25) is 0 Å². The summed E-state index contributed by atoms with van der Waals surface area (Å²) in [7, 11) is 1.69. The fourth-order valence-electron chi connectivity index (χ4n) is 0.969. The van der Waals surface area contributed by atoms with Crippen LogP contribution in [0.15, 0.2) is 18.3 Å². The van der Waals surface area contributed by atoms with Crippen molar-refractivity contribution in [2.24, 2.45) is 0 Å². The zero-order valence-electron chi connectivity index (χ0n) is 8.20. The second-order valence-electron chi connectivity index (χ2n) is 2.81. The number of aromatic nitrogens is 1. The first kappa shape index (κ1) is 11.5. The molecule has 0 unspecified atom stereocenters. The van der Waals surface area contributed by atoms with Crippen LogP contribution in [0.25, 0.3) is 0 Å². The summed E-state index contributed by atoms with van der Waals surface area (Å²) in [6.45, 7) is 1.40. The van der Waals surface area contributed by atoms with E-state index in [2.05, 4.69) is 20.9 Å². The van der Waals surface area contributed by atoms with Crippen molar-refractivity contribution >= 4 is 15.9 Å². The number of halogens is 1. The Balaban J connectivity index is 2.29. The van der Waals surface area contributed by atoms with E-state index in [4.69, 9.17) is 9.47 Å². The lowest BCUT2D eigenvalue weighted by molar-refractivity contribution is 0.172. The number of hydrogen-bond donors (Lipinski definition) is 0. The molecule has 1 aromatic heterocycles. The molecule has 0 aliphatic rings. The van der Waals surface area contributed by atoms with E-state index in [1.807, 2.05) is 12.1 Å². The minimum absolute atomic E-state index is 0.670. The molecule has 0 radical (unpaired) electrons. The van der Waals surface area contributed by atoms with E-state index < -0.39 is 0 Å². The van der Waals surface area contributed by atoms with Crippen molar-refractivity contribution in [1.29, 1.82) is 0 Å². The van der Waals surface area contributed by atoms with Crippen LogP contribution in [0.5, 0.6) is 5.75 Å². The second kappa shape index (κ2) is 6.79. The molecule has 0 N–H and O–H groups in total. The van der Waals surface area contributed by atoms with Crippen molar-refractivity contribution in [3.8, 4) is 5.75 Å². The van der Waals surface area contributed by atoms with E-state index in [-0.39, 0.29) is 0 Å². The number of alkyl halides is 1. The zero-order valence-corrected chi connectivity index (χ0v) is 9.79. The molecule has 0 aromatic carbocycles. The lowest BCUT2D eigenvalue weighted by atomic mass is 10.4. The normalized spacial score (nSPS) is 10.1. The molecule has 4 heteroatoms. The largest absolute Gasteiger partial charge is 0.492 e. The Morgan fingerprint density at radius 2 is 2.21 bits per heavy atom. The van der Waals surface area contributed by atoms with Gasteiger partial charge in [0.15, 0.2) is 0 Å². The van der Waals surface area contributed by atoms with Crippen LogP contribution in [-0.4, -0.2) is 25.3 Å². The third kappa shape index (κ3) is 4.07. The third-order valence-corrected chi connectivity index (χ3v) is 2.27. The highest BCUT2D eigenvalue weighted by atomic mass is 79.9. The summed E-state index contributed by atoms with van der Waals surface area (Å²) < 4.78 is 10.4. The fourth-order valence-corrected chi connectivity index (χ4v) is 1.30. The molecule has 0 bridgehead atoms. The van der Waals surface area contributed by atoms with Gasteiger partial charge < -0.3 is 9.47 Å². The molecule has 0 saturated carbocycles. The van der Waals surface area contributed by atoms with E-state index in [9.17, 15) is 0 Å². The standard InChI is InChI=1S/C10H14BrNO2/c1-13-5-2-6-14-10-4-3-9(7-11)12-8-10/h3-4,8H,2,5-7H2,1H3. The smallest absolute Gasteiger partial charge is 0.137 e. The Labute approximate surface area is 92.6 Å². The summed E-state index contributed by atoms with van der Waals surface area (Å²) in [6, 6.07) is 3.87. The maximum atomic E-state index is 5.45. The van der Waals surface area contributed by atoms with Gasteiger partial charge in [0.1, 0.15) is 5.75 Å². The Kier molecular flexibility index (Phi) is 5.56. The highest BCUT2D eigenvalue weighted by molar-refractivity contribution is 9.08. The van der Waals surface area contributed by atoms with Gasteiger partial charge in [-0.05, 0) is 12.1 Å². The highest BCUT2D eigenvalue weighted by Gasteiger charge is 1.95. The van der Waals surface area contributed by atoms with Crippen molar-refractivity contribution in [3.63, 3.8) is 0 Å². The van der Waals surface area contributed by atoms with E-state index in [1.165, 1.54) is 0 Å². The minimum atomic E-state index is 0.670. The van der Waals surface area contributed by atoms with Crippen molar-refractivity contribution in [2.75, 3.05) is 20.3 Å². The van der Waals surface area contributed by atoms with Gasteiger partial charge in [-0.3, -0.25) is 4.98 Å². The van der Waals surface area contributed by atoms with E-state index in [0.717, 1.165) is 29.8 Å². The quantitative estimate of drug-likeness (QED) is 0.581. The predicted molar refractivity (Wildman–Crippen MR) is 58.9 cm³/mol. The summed E-state index contributed by atoms with van der Waals surface area (Å²) in [6.07, 6.45) is 2.64. The molecule has 0 fully saturated rings. The molecule has 1 heterocycles. The van der Waals surface area contributed by atoms with Gasteiger partial charge in [-0.2, -0.15) is 0 Å². The third-order valence-electron chi connectivity index (χ3n) is 1.70. The Hall–Kier alpha value is -0.610. The molecule has 0 saturated heterocycles. The Bertz CT molecular complexity index is 251. The second-order valence-corrected chi connectivity index (χ2v) is 3.37. The molecule has 1 rings (SSSR count). The highest BCUT2D eigenvalue weighted by Crippen LogP contribution is 2.10. The van der Waals surface area contributed by atoms with Crippen LogP contribution in [0.3, 0.4) is 0 Å². The molecular formula is C10H14BrNO2. The predicted octanol–water partition coefficient (Wildman–Crippen LogP) is 2.39. The van der Waals surface area contributed by atoms with Gasteiger partial charge in [-0.25, -0.2) is 0 Å². The molecule has 0 atom stereocenters. The monoisotopic (exact) mass is 259 g/mol. The van der Waals surface area contributed by atoms with Crippen molar-refractivity contribution < 1.29 is 9.47 Å². The van der Waals surface area contributed by atoms with Crippen LogP contribution in [0.1, 0.15) is 12.1 Å². The number of hydrogen-bond acceptors (Lipinski definition) is 3. The topological polar surface area (TPSA) is 31.4 Å². The fraction of sp³-hybridized carbons (Fsp3) is 0.500. The van der Waals surface area contributed by atoms with Crippen LogP contribution in [0, 0.1) is 0 Å². The maximum absolute atomic E-state index is 5.45. The van der Waals surface area contributed by atoms with Crippen LogP contribution >= 0.6 is 15.9 Å². The molecule has 0 aliphatic heterocycles. The van der Waals surface area contributed by atoms with E-state index >= 15 is 0 Å². The van der Waals surface area contributed by atoms with E-state index in [1.54, 1.807) is 13.3 Å². The average molecular weight is 260 g/mol. The number of nitrogens with zero attached hydrogens (tertiary/aromatic N) is 1. The first-order valence-electron chi connectivity index (χ1n) is 4.49. The van der Waals surface area contributed by atoms with Crippen LogP contribution in [0.4, 0.5) is 0 Å². The molecule has 0 spiro atoms. The van der Waals surface area contributed by atoms with Crippen molar-refractivity contribution in [2.45, 2.75) is 11.8 Å². The molecule has 78 valence electrons. The zero-order chi connectivity index (χ0) is 10.2. The number of ether oxygens (including phenoxy) is 2. The SMILES string of the molecule is COCCCOc1ccc(CBr)nc1. The summed E-state index contributed by atoms with van der Waals surface area (Å²) in [5, 5.41) is 0.775. The van der Waals surface area contributed by atoms with Gasteiger partial charge in [-0.1, -0.05) is 15.9 Å². The van der Waals surface area contributed by atoms with Gasteiger partial charge in [0, 0.05) is 25.5 Å². The average Bonchev–Trinajstić information content (AvgIpc) is 2.25. The maximum Gasteiger partial charge on any atom is 0.137 e. The Morgan fingerprint density at radius 3 is 2.79 bits per heavy atom. The van der Waals surface area contributed by atoms with Gasteiger partial charge in [-0.15, -0.1) is 0 Å². The summed E-state index contributed by atoms with van der Waals surface area (Å²) in [5.74, 6) is 0.811. The van der Waals surface area contributed by atoms with Crippen LogP contribution in [-0.2, 0) is 10.1 Å². The lowest BCUT2D eigenvalue weighted by Crippen LogP contribution is -2.01. The molecular weight excluding hydrogens is 246 g/mol. The molecule has 1 aromatic rings. The Morgan fingerprint density at radius 1 is 1.36 bits per heavy atom. The molecule has 0 aliphatic carbocycles. The van der Waals surface area contributed by atoms with E-state index in [0.29, 0.717) is 6.61 Å². The minimum Gasteiger partial charge on any atom is -0.492 e. The van der Waals surface area contributed by atoms with Crippen molar-refractivity contribution in [1.82, 2.24) is 4.98 Å². The van der Waals surface area contributed by atoms with Gasteiger partial charge >= 0.3 is 0 Å². The number of rotatable bonds is 6. The first-order valence-corrected chi connectivity index (χ1v) is 5.61. The molecule has 14 heavy (non-hydrogen) atoms. The van der Waals surface area contributed by atoms with Gasteiger partial charge in [0.25, 0.3) is 0 Å². The summed E-state index contributed by atoms with van der Waals surface area (Å²) in [5.41, 5.74) is 1.01.